The Labute approximate surface area is 141 Å². The predicted molar refractivity (Wildman–Crippen MR) is 91.7 cm³/mol. The van der Waals surface area contributed by atoms with Gasteiger partial charge < -0.3 is 21.1 Å². The van der Waals surface area contributed by atoms with Gasteiger partial charge in [0.25, 0.3) is 0 Å². The van der Waals surface area contributed by atoms with Crippen molar-refractivity contribution in [2.24, 2.45) is 5.73 Å². The highest BCUT2D eigenvalue weighted by atomic mass is 16.5. The second-order valence-corrected chi connectivity index (χ2v) is 5.47. The van der Waals surface area contributed by atoms with Crippen molar-refractivity contribution in [2.45, 2.75) is 26.4 Å². The van der Waals surface area contributed by atoms with E-state index < -0.39 is 12.1 Å². The first-order valence-electron chi connectivity index (χ1n) is 7.62. The predicted octanol–water partition coefficient (Wildman–Crippen LogP) is 2.46. The van der Waals surface area contributed by atoms with E-state index >= 15 is 0 Å². The highest BCUT2D eigenvalue weighted by molar-refractivity contribution is 5.86. The largest absolute Gasteiger partial charge is 0.457 e. The molecule has 1 atom stereocenters. The quantitative estimate of drug-likeness (QED) is 0.761. The molecule has 0 aliphatic heterocycles. The maximum atomic E-state index is 11.9. The number of rotatable bonds is 6. The topological polar surface area (TPSA) is 93.4 Å². The van der Waals surface area contributed by atoms with Crippen LogP contribution in [0.5, 0.6) is 11.5 Å². The van der Waals surface area contributed by atoms with Crippen molar-refractivity contribution in [1.82, 2.24) is 10.6 Å². The zero-order valence-corrected chi connectivity index (χ0v) is 13.7. The van der Waals surface area contributed by atoms with Crippen molar-refractivity contribution in [3.63, 3.8) is 0 Å². The van der Waals surface area contributed by atoms with E-state index in [1.165, 1.54) is 0 Å². The van der Waals surface area contributed by atoms with Crippen molar-refractivity contribution < 1.29 is 14.3 Å². The molecule has 0 heterocycles. The van der Waals surface area contributed by atoms with Crippen LogP contribution >= 0.6 is 0 Å². The molecule has 4 N–H and O–H groups in total. The third-order valence-electron chi connectivity index (χ3n) is 3.43. The average molecular weight is 327 g/mol. The molecular weight excluding hydrogens is 306 g/mol. The molecular formula is C18H21N3O3. The Bertz CT molecular complexity index is 714. The van der Waals surface area contributed by atoms with Crippen LogP contribution < -0.4 is 21.1 Å². The Morgan fingerprint density at radius 3 is 2.46 bits per heavy atom. The van der Waals surface area contributed by atoms with Gasteiger partial charge in [-0.25, -0.2) is 4.79 Å². The molecule has 6 heteroatoms. The van der Waals surface area contributed by atoms with Crippen molar-refractivity contribution in [3.05, 3.63) is 59.7 Å². The number of nitrogens with one attached hydrogen (secondary N) is 2. The third-order valence-corrected chi connectivity index (χ3v) is 3.43. The fourth-order valence-corrected chi connectivity index (χ4v) is 2.10. The average Bonchev–Trinajstić information content (AvgIpc) is 2.55. The third kappa shape index (κ3) is 5.01. The molecule has 0 radical (unpaired) electrons. The molecule has 0 aromatic heterocycles. The number of benzene rings is 2. The number of carbonyl (C=O) groups is 2. The SMILES string of the molecule is Cc1ccc(Oc2ccccc2CNC(=O)C(C)NC(N)=O)cc1. The lowest BCUT2D eigenvalue weighted by atomic mass is 10.2. The fraction of sp³-hybridized carbons (Fsp3) is 0.222. The molecule has 126 valence electrons. The van der Waals surface area contributed by atoms with E-state index in [9.17, 15) is 9.59 Å². The summed E-state index contributed by atoms with van der Waals surface area (Å²) in [5.74, 6) is 1.07. The zero-order valence-electron chi connectivity index (χ0n) is 13.7. The first-order chi connectivity index (χ1) is 11.5. The number of ether oxygens (including phenoxy) is 1. The number of nitrogens with two attached hydrogens (primary N) is 1. The number of para-hydroxylation sites is 1. The number of amides is 3. The molecule has 0 fully saturated rings. The standard InChI is InChI=1S/C18H21N3O3/c1-12-7-9-15(10-8-12)24-16-6-4-3-5-14(16)11-20-17(22)13(2)21-18(19)23/h3-10,13H,11H2,1-2H3,(H,20,22)(H3,19,21,23). The lowest BCUT2D eigenvalue weighted by Gasteiger charge is -2.15. The van der Waals surface area contributed by atoms with Gasteiger partial charge in [-0.05, 0) is 32.0 Å². The lowest BCUT2D eigenvalue weighted by Crippen LogP contribution is -2.46. The van der Waals surface area contributed by atoms with Crippen LogP contribution in [0.25, 0.3) is 0 Å². The van der Waals surface area contributed by atoms with Gasteiger partial charge in [-0.2, -0.15) is 0 Å². The summed E-state index contributed by atoms with van der Waals surface area (Å²) in [6.07, 6.45) is 0. The van der Waals surface area contributed by atoms with E-state index in [4.69, 9.17) is 10.5 Å². The summed E-state index contributed by atoms with van der Waals surface area (Å²) in [5.41, 5.74) is 6.99. The number of carbonyl (C=O) groups excluding carboxylic acids is 2. The Hall–Kier alpha value is -3.02. The van der Waals surface area contributed by atoms with Crippen LogP contribution in [-0.4, -0.2) is 18.0 Å². The molecule has 0 aliphatic carbocycles. The van der Waals surface area contributed by atoms with E-state index in [0.29, 0.717) is 5.75 Å². The number of hydrogen-bond acceptors (Lipinski definition) is 3. The second kappa shape index (κ2) is 8.01. The van der Waals surface area contributed by atoms with Crippen LogP contribution in [-0.2, 0) is 11.3 Å². The molecule has 2 aromatic carbocycles. The summed E-state index contributed by atoms with van der Waals surface area (Å²) in [6, 6.07) is 13.7. The van der Waals surface area contributed by atoms with Gasteiger partial charge >= 0.3 is 6.03 Å². The van der Waals surface area contributed by atoms with Crippen molar-refractivity contribution >= 4 is 11.9 Å². The minimum absolute atomic E-state index is 0.283. The molecule has 1 unspecified atom stereocenters. The molecule has 0 saturated carbocycles. The van der Waals surface area contributed by atoms with Gasteiger partial charge in [-0.15, -0.1) is 0 Å². The molecule has 24 heavy (non-hydrogen) atoms. The van der Waals surface area contributed by atoms with Crippen LogP contribution in [0.3, 0.4) is 0 Å². The molecule has 0 saturated heterocycles. The minimum atomic E-state index is -0.735. The number of hydrogen-bond donors (Lipinski definition) is 3. The Balaban J connectivity index is 2.02. The smallest absolute Gasteiger partial charge is 0.312 e. The summed E-state index contributed by atoms with van der Waals surface area (Å²) >= 11 is 0. The number of primary amides is 1. The van der Waals surface area contributed by atoms with Crippen LogP contribution in [0.1, 0.15) is 18.1 Å². The van der Waals surface area contributed by atoms with Gasteiger partial charge in [-0.3, -0.25) is 4.79 Å². The molecule has 3 amide bonds. The first kappa shape index (κ1) is 17.3. The lowest BCUT2D eigenvalue weighted by molar-refractivity contribution is -0.122. The van der Waals surface area contributed by atoms with E-state index in [0.717, 1.165) is 16.9 Å². The van der Waals surface area contributed by atoms with Crippen LogP contribution in [0, 0.1) is 6.92 Å². The Kier molecular flexibility index (Phi) is 5.78. The van der Waals surface area contributed by atoms with Gasteiger partial charge in [0.1, 0.15) is 17.5 Å². The van der Waals surface area contributed by atoms with Crippen molar-refractivity contribution in [3.8, 4) is 11.5 Å². The molecule has 0 bridgehead atoms. The van der Waals surface area contributed by atoms with Gasteiger partial charge in [0.05, 0.1) is 0 Å². The van der Waals surface area contributed by atoms with Gasteiger partial charge in [0, 0.05) is 12.1 Å². The van der Waals surface area contributed by atoms with Crippen LogP contribution in [0.15, 0.2) is 48.5 Å². The summed E-state index contributed by atoms with van der Waals surface area (Å²) < 4.78 is 5.88. The number of aryl methyl sites for hydroxylation is 1. The minimum Gasteiger partial charge on any atom is -0.457 e. The van der Waals surface area contributed by atoms with E-state index in [2.05, 4.69) is 10.6 Å². The Morgan fingerprint density at radius 2 is 1.79 bits per heavy atom. The fourth-order valence-electron chi connectivity index (χ4n) is 2.10. The second-order valence-electron chi connectivity index (χ2n) is 5.47. The van der Waals surface area contributed by atoms with Gasteiger partial charge in [-0.1, -0.05) is 35.9 Å². The van der Waals surface area contributed by atoms with Gasteiger partial charge in [0.2, 0.25) is 5.91 Å². The van der Waals surface area contributed by atoms with E-state index in [1.54, 1.807) is 6.92 Å². The van der Waals surface area contributed by atoms with Crippen molar-refractivity contribution in [2.75, 3.05) is 0 Å². The molecule has 6 nitrogen and oxygen atoms in total. The maximum Gasteiger partial charge on any atom is 0.312 e. The van der Waals surface area contributed by atoms with E-state index in [-0.39, 0.29) is 12.5 Å². The van der Waals surface area contributed by atoms with Crippen LogP contribution in [0.2, 0.25) is 0 Å². The van der Waals surface area contributed by atoms with Gasteiger partial charge in [0.15, 0.2) is 0 Å². The van der Waals surface area contributed by atoms with Crippen molar-refractivity contribution in [1.29, 1.82) is 0 Å². The molecule has 2 aromatic rings. The Morgan fingerprint density at radius 1 is 1.12 bits per heavy atom. The highest BCUT2D eigenvalue weighted by Crippen LogP contribution is 2.25. The summed E-state index contributed by atoms with van der Waals surface area (Å²) in [5, 5.41) is 5.08. The number of urea groups is 1. The summed E-state index contributed by atoms with van der Waals surface area (Å²) in [4.78, 5) is 22.7. The molecule has 0 aliphatic rings. The first-order valence-corrected chi connectivity index (χ1v) is 7.62. The summed E-state index contributed by atoms with van der Waals surface area (Å²) in [7, 11) is 0. The maximum absolute atomic E-state index is 11.9. The zero-order chi connectivity index (χ0) is 17.5. The normalized spacial score (nSPS) is 11.4. The summed E-state index contributed by atoms with van der Waals surface area (Å²) in [6.45, 7) is 3.86. The monoisotopic (exact) mass is 327 g/mol. The van der Waals surface area contributed by atoms with Crippen LogP contribution in [0.4, 0.5) is 4.79 Å². The van der Waals surface area contributed by atoms with E-state index in [1.807, 2.05) is 55.5 Å². The highest BCUT2D eigenvalue weighted by Gasteiger charge is 2.14. The molecule has 2 rings (SSSR count). The molecule has 0 spiro atoms.